The van der Waals surface area contributed by atoms with Crippen LogP contribution in [0.1, 0.15) is 139 Å². The molecule has 0 heterocycles. The summed E-state index contributed by atoms with van der Waals surface area (Å²) in [6.07, 6.45) is 4.96. The third kappa shape index (κ3) is 16.7. The van der Waals surface area contributed by atoms with E-state index < -0.39 is 61.7 Å². The van der Waals surface area contributed by atoms with E-state index >= 15 is 0 Å². The van der Waals surface area contributed by atoms with Crippen LogP contribution in [0.2, 0.25) is 0 Å². The Morgan fingerprint density at radius 3 is 0.700 bits per heavy atom. The van der Waals surface area contributed by atoms with Crippen LogP contribution in [0.3, 0.4) is 0 Å². The van der Waals surface area contributed by atoms with Crippen molar-refractivity contribution in [2.75, 3.05) is 0 Å². The first-order valence-electron chi connectivity index (χ1n) is 21.0. The Hall–Kier alpha value is -4.21. The van der Waals surface area contributed by atoms with Gasteiger partial charge in [-0.15, -0.1) is 0 Å². The van der Waals surface area contributed by atoms with E-state index in [-0.39, 0.29) is 34.7 Å². The number of carboxylic acid groups (broad SMARTS) is 3. The molecule has 0 unspecified atom stereocenters. The molecule has 0 bridgehead atoms. The second kappa shape index (κ2) is 29.1. The maximum absolute atomic E-state index is 11.6. The van der Waals surface area contributed by atoms with Gasteiger partial charge in [0.2, 0.25) is 0 Å². The average Bonchev–Trinajstić information content (AvgIpc) is 3.24. The van der Waals surface area contributed by atoms with Crippen LogP contribution >= 0.6 is 0 Å². The molecule has 0 saturated carbocycles. The minimum absolute atomic E-state index is 0. The van der Waals surface area contributed by atoms with Gasteiger partial charge in [-0.25, -0.2) is 0 Å². The summed E-state index contributed by atoms with van der Waals surface area (Å²) in [4.78, 5) is 77.0. The Kier molecular flexibility index (Phi) is 28.1. The molecule has 0 aromatic heterocycles. The van der Waals surface area contributed by atoms with Crippen molar-refractivity contribution < 1.29 is 48.9 Å². The number of ketones is 3. The van der Waals surface area contributed by atoms with Crippen molar-refractivity contribution in [2.45, 2.75) is 139 Å². The first kappa shape index (κ1) is 57.9. The standard InChI is InChI=1S/C18H16OSi.3C10H18O3.Al/c19-20(16-10-4-1-5-11-16,17-12-6-2-7-13-17)18-14-8-3-9-15-18;3*1-4-10(5-2,6-3)8(11)7-9(12)13;/h1-15,19H;3*4-7H2,1-3H3,(H,12,13);/q;;;;+3/p-3. The molecule has 0 aliphatic heterocycles. The molecule has 0 radical (unpaired) electrons. The molecule has 1 N–H and O–H groups in total. The average molecular weight is 859 g/mol. The monoisotopic (exact) mass is 858 g/mol. The van der Waals surface area contributed by atoms with Crippen molar-refractivity contribution in [1.29, 1.82) is 0 Å². The van der Waals surface area contributed by atoms with Crippen LogP contribution in [0.15, 0.2) is 91.0 Å². The zero-order valence-electron chi connectivity index (χ0n) is 37.3. The van der Waals surface area contributed by atoms with Crippen molar-refractivity contribution in [3.63, 3.8) is 0 Å². The van der Waals surface area contributed by atoms with Crippen molar-refractivity contribution in [3.8, 4) is 0 Å². The van der Waals surface area contributed by atoms with Gasteiger partial charge in [0.1, 0.15) is 17.3 Å². The second-order valence-electron chi connectivity index (χ2n) is 14.7. The number of carbonyl (C=O) groups is 6. The molecular weight excluding hydrogens is 792 g/mol. The number of benzene rings is 3. The summed E-state index contributed by atoms with van der Waals surface area (Å²) in [6.45, 7) is 17.3. The molecule has 0 aliphatic rings. The van der Waals surface area contributed by atoms with E-state index in [2.05, 4.69) is 0 Å². The molecule has 3 aromatic rings. The molecule has 0 spiro atoms. The number of Topliss-reactive ketones (excluding diaryl/α,β-unsaturated/α-hetero) is 3. The first-order chi connectivity index (χ1) is 27.9. The van der Waals surface area contributed by atoms with Crippen LogP contribution in [0, 0.1) is 16.2 Å². The molecule has 3 rings (SSSR count). The maximum Gasteiger partial charge on any atom is 3.00 e. The van der Waals surface area contributed by atoms with Gasteiger partial charge in [0.15, 0.2) is 0 Å². The predicted octanol–water partition coefficient (Wildman–Crippen LogP) is 4.00. The van der Waals surface area contributed by atoms with Crippen molar-refractivity contribution in [1.82, 2.24) is 0 Å². The number of carbonyl (C=O) groups excluding carboxylic acids is 6. The summed E-state index contributed by atoms with van der Waals surface area (Å²) in [5.41, 5.74) is -1.33. The van der Waals surface area contributed by atoms with Crippen LogP contribution in [0.25, 0.3) is 0 Å². The van der Waals surface area contributed by atoms with Gasteiger partial charge in [-0.2, -0.15) is 0 Å². The quantitative estimate of drug-likeness (QED) is 0.0931. The minimum atomic E-state index is -2.88. The maximum atomic E-state index is 11.6. The molecule has 0 amide bonds. The fourth-order valence-electron chi connectivity index (χ4n) is 7.52. The summed E-state index contributed by atoms with van der Waals surface area (Å²) in [5.74, 6) is -4.40. The van der Waals surface area contributed by atoms with Gasteiger partial charge in [-0.3, -0.25) is 14.4 Å². The Bertz CT molecular complexity index is 1490. The summed E-state index contributed by atoms with van der Waals surface area (Å²) in [7, 11) is -2.88. The zero-order chi connectivity index (χ0) is 45.3. The van der Waals surface area contributed by atoms with Crippen LogP contribution in [-0.2, 0) is 28.8 Å². The zero-order valence-corrected chi connectivity index (χ0v) is 39.5. The van der Waals surface area contributed by atoms with Crippen LogP contribution < -0.4 is 30.9 Å². The molecular formula is C48H67AlO10Si. The van der Waals surface area contributed by atoms with E-state index in [4.69, 9.17) is 0 Å². The molecule has 3 aromatic carbocycles. The van der Waals surface area contributed by atoms with Gasteiger partial charge in [0.25, 0.3) is 8.32 Å². The molecule has 0 saturated heterocycles. The third-order valence-electron chi connectivity index (χ3n) is 12.4. The Balaban J connectivity index is 0. The van der Waals surface area contributed by atoms with E-state index in [1.54, 1.807) is 0 Å². The largest absolute Gasteiger partial charge is 3.00 e. The summed E-state index contributed by atoms with van der Waals surface area (Å²) in [5, 5.41) is 33.9. The third-order valence-corrected chi connectivity index (χ3v) is 15.9. The molecule has 0 fully saturated rings. The van der Waals surface area contributed by atoms with Crippen LogP contribution in [-0.4, -0.2) is 65.7 Å². The number of aliphatic carboxylic acids is 3. The molecule has 10 nitrogen and oxygen atoms in total. The molecule has 326 valence electrons. The molecule has 60 heavy (non-hydrogen) atoms. The summed E-state index contributed by atoms with van der Waals surface area (Å²) < 4.78 is 0. The van der Waals surface area contributed by atoms with Crippen LogP contribution in [0.5, 0.6) is 0 Å². The summed E-state index contributed by atoms with van der Waals surface area (Å²) in [6, 6.07) is 30.0. The normalized spacial score (nSPS) is 11.1. The van der Waals surface area contributed by atoms with E-state index in [0.29, 0.717) is 57.8 Å². The molecule has 0 atom stereocenters. The number of hydrogen-bond donors (Lipinski definition) is 1. The Morgan fingerprint density at radius 2 is 0.567 bits per heavy atom. The van der Waals surface area contributed by atoms with Crippen molar-refractivity contribution in [3.05, 3.63) is 91.0 Å². The topological polar surface area (TPSA) is 192 Å². The van der Waals surface area contributed by atoms with Gasteiger partial charge in [-0.05, 0) is 73.3 Å². The first-order valence-corrected chi connectivity index (χ1v) is 22.9. The predicted molar refractivity (Wildman–Crippen MR) is 236 cm³/mol. The smallest absolute Gasteiger partial charge is 0.550 e. The minimum Gasteiger partial charge on any atom is -0.550 e. The Morgan fingerprint density at radius 1 is 0.400 bits per heavy atom. The van der Waals surface area contributed by atoms with E-state index in [9.17, 15) is 48.9 Å². The molecule has 0 aliphatic carbocycles. The van der Waals surface area contributed by atoms with E-state index in [1.165, 1.54) is 0 Å². The van der Waals surface area contributed by atoms with Gasteiger partial charge in [0, 0.05) is 53.4 Å². The second-order valence-corrected chi connectivity index (χ2v) is 17.9. The van der Waals surface area contributed by atoms with Gasteiger partial charge in [0.05, 0.1) is 0 Å². The van der Waals surface area contributed by atoms with Gasteiger partial charge < -0.3 is 34.5 Å². The van der Waals surface area contributed by atoms with Crippen molar-refractivity contribution >= 4 is 76.5 Å². The SMILES string of the molecule is CCC(CC)(CC)C(=O)CC(=O)[O-].CCC(CC)(CC)C(=O)CC(=O)[O-].CCC(CC)(CC)C(=O)CC(=O)[O-].O[Si](c1ccccc1)(c1ccccc1)c1ccccc1.[Al+3]. The summed E-state index contributed by atoms with van der Waals surface area (Å²) >= 11 is 0. The van der Waals surface area contributed by atoms with Crippen LogP contribution in [0.4, 0.5) is 0 Å². The van der Waals surface area contributed by atoms with Gasteiger partial charge in [-0.1, -0.05) is 153 Å². The Labute approximate surface area is 370 Å². The van der Waals surface area contributed by atoms with E-state index in [0.717, 1.165) is 15.6 Å². The number of rotatable bonds is 21. The number of carboxylic acids is 3. The van der Waals surface area contributed by atoms with Crippen molar-refractivity contribution in [2.24, 2.45) is 16.2 Å². The fraction of sp³-hybridized carbons (Fsp3) is 0.500. The fourth-order valence-corrected chi connectivity index (χ4v) is 10.5. The van der Waals surface area contributed by atoms with E-state index in [1.807, 2.05) is 153 Å². The molecule has 12 heteroatoms. The van der Waals surface area contributed by atoms with Gasteiger partial charge >= 0.3 is 17.4 Å². The number of hydrogen-bond acceptors (Lipinski definition) is 10.